The van der Waals surface area contributed by atoms with Crippen LogP contribution in [0.25, 0.3) is 22.3 Å². The van der Waals surface area contributed by atoms with Gasteiger partial charge >= 0.3 is 374 Å². The van der Waals surface area contributed by atoms with Crippen molar-refractivity contribution in [1.29, 1.82) is 0 Å². The quantitative estimate of drug-likeness (QED) is 0.179. The van der Waals surface area contributed by atoms with Gasteiger partial charge in [-0.25, -0.2) is 0 Å². The van der Waals surface area contributed by atoms with Crippen molar-refractivity contribution in [2.45, 2.75) is 123 Å². The number of hydrogen-bond acceptors (Lipinski definition) is 0. The fourth-order valence-electron chi connectivity index (χ4n) is 10.3. The van der Waals surface area contributed by atoms with E-state index in [0.29, 0.717) is 17.5 Å². The van der Waals surface area contributed by atoms with E-state index >= 15 is 0 Å². The zero-order valence-electron chi connectivity index (χ0n) is 38.3. The van der Waals surface area contributed by atoms with E-state index < -0.39 is 44.7 Å². The summed E-state index contributed by atoms with van der Waals surface area (Å²) in [5.74, 6) is 0. The first-order chi connectivity index (χ1) is 28.4. The molecule has 8 rings (SSSR count). The fourth-order valence-corrected chi connectivity index (χ4v) is 19.3. The Kier molecular flexibility index (Phi) is 10.4. The molecule has 0 nitrogen and oxygen atoms in total. The minimum atomic E-state index is -4.54. The van der Waals surface area contributed by atoms with Gasteiger partial charge < -0.3 is 0 Å². The molecule has 0 fully saturated rings. The fraction of sp³-hybridized carbons (Fsp3) is 0.400. The summed E-state index contributed by atoms with van der Waals surface area (Å²) in [7, 11) is 0. The normalized spacial score (nSPS) is 18.1. The minimum absolute atomic E-state index is 0.113. The Morgan fingerprint density at radius 1 is 0.532 bits per heavy atom. The molecular formula is C55H58F6Zr. The maximum absolute atomic E-state index is 14.2. The van der Waals surface area contributed by atoms with E-state index in [1.807, 2.05) is 0 Å². The van der Waals surface area contributed by atoms with Gasteiger partial charge in [0.2, 0.25) is 0 Å². The summed E-state index contributed by atoms with van der Waals surface area (Å²) in [5.41, 5.74) is 12.4. The van der Waals surface area contributed by atoms with Gasteiger partial charge in [-0.05, 0) is 0 Å². The third kappa shape index (κ3) is 7.68. The van der Waals surface area contributed by atoms with E-state index in [-0.39, 0.29) is 30.7 Å². The first-order valence-corrected chi connectivity index (χ1v) is 25.6. The monoisotopic (exact) mass is 922 g/mol. The summed E-state index contributed by atoms with van der Waals surface area (Å²) in [6.45, 7) is 29.2. The van der Waals surface area contributed by atoms with Crippen LogP contribution >= 0.6 is 0 Å². The summed E-state index contributed by atoms with van der Waals surface area (Å²) < 4.78 is 87.0. The second-order valence-corrected chi connectivity index (χ2v) is 28.4. The zero-order chi connectivity index (χ0) is 45.5. The molecule has 62 heavy (non-hydrogen) atoms. The molecule has 0 saturated heterocycles. The topological polar surface area (TPSA) is 0 Å². The molecule has 0 N–H and O–H groups in total. The SMILES string of the molecule is CC(C)(C)C1=CC[C]([Zr](=[C](c2ccc(C(F)(F)F)cc2)c2ccc(C(F)(F)F)cc2)[CH]2c3cc4c(cc3-c3cc5c(cc32)C(C)(C)C=C5C(C)(C)C)C(C(C)(C)C)=CC4(C)C)=C1. The molecule has 0 heterocycles. The molecule has 0 radical (unpaired) electrons. The first kappa shape index (κ1) is 44.8. The summed E-state index contributed by atoms with van der Waals surface area (Å²) >= 11 is -3.65. The Bertz CT molecular complexity index is 2530. The number of hydrogen-bond donors (Lipinski definition) is 0. The Morgan fingerprint density at radius 2 is 0.919 bits per heavy atom. The van der Waals surface area contributed by atoms with Crippen molar-refractivity contribution in [3.05, 3.63) is 162 Å². The number of benzene rings is 4. The molecule has 0 bridgehead atoms. The van der Waals surface area contributed by atoms with Gasteiger partial charge in [-0.15, -0.1) is 0 Å². The van der Waals surface area contributed by atoms with E-state index in [1.54, 1.807) is 24.3 Å². The molecule has 4 aromatic rings. The molecule has 0 amide bonds. The van der Waals surface area contributed by atoms with Gasteiger partial charge in [-0.1, -0.05) is 0 Å². The van der Waals surface area contributed by atoms with Crippen LogP contribution < -0.4 is 0 Å². The maximum atomic E-state index is 14.2. The number of rotatable bonds is 4. The molecule has 0 spiro atoms. The molecular weight excluding hydrogens is 866 g/mol. The number of halogens is 6. The van der Waals surface area contributed by atoms with Gasteiger partial charge in [0.25, 0.3) is 0 Å². The summed E-state index contributed by atoms with van der Waals surface area (Å²) in [5, 5.41) is 0. The van der Waals surface area contributed by atoms with Crippen molar-refractivity contribution in [1.82, 2.24) is 0 Å². The molecule has 0 aromatic heterocycles. The summed E-state index contributed by atoms with van der Waals surface area (Å²) in [4.78, 5) is 0. The van der Waals surface area contributed by atoms with Gasteiger partial charge in [-0.3, -0.25) is 0 Å². The van der Waals surface area contributed by atoms with Crippen LogP contribution in [0.2, 0.25) is 0 Å². The Morgan fingerprint density at radius 3 is 1.24 bits per heavy atom. The Hall–Kier alpha value is -3.83. The second-order valence-electron chi connectivity index (χ2n) is 22.2. The van der Waals surface area contributed by atoms with Crippen LogP contribution in [-0.2, 0) is 44.4 Å². The van der Waals surface area contributed by atoms with E-state index in [4.69, 9.17) is 0 Å². The van der Waals surface area contributed by atoms with E-state index in [9.17, 15) is 26.3 Å². The molecule has 0 atom stereocenters. The number of allylic oxidation sites excluding steroid dienone is 8. The van der Waals surface area contributed by atoms with Crippen LogP contribution in [0, 0.1) is 16.2 Å². The molecule has 4 aliphatic carbocycles. The molecule has 4 aliphatic rings. The van der Waals surface area contributed by atoms with E-state index in [2.05, 4.69) is 139 Å². The van der Waals surface area contributed by atoms with Gasteiger partial charge in [0.15, 0.2) is 0 Å². The summed E-state index contributed by atoms with van der Waals surface area (Å²) in [6.07, 6.45) is 1.05. The predicted octanol–water partition coefficient (Wildman–Crippen LogP) is 16.4. The van der Waals surface area contributed by atoms with Crippen molar-refractivity contribution >= 4 is 14.4 Å². The van der Waals surface area contributed by atoms with Crippen molar-refractivity contribution in [2.75, 3.05) is 0 Å². The van der Waals surface area contributed by atoms with Gasteiger partial charge in [0.05, 0.1) is 0 Å². The van der Waals surface area contributed by atoms with Crippen molar-refractivity contribution in [2.24, 2.45) is 16.2 Å². The van der Waals surface area contributed by atoms with Crippen LogP contribution in [0.15, 0.2) is 106 Å². The Labute approximate surface area is 372 Å². The van der Waals surface area contributed by atoms with E-state index in [1.165, 1.54) is 64.5 Å². The number of fused-ring (bicyclic) bond motifs is 5. The Balaban J connectivity index is 1.53. The van der Waals surface area contributed by atoms with Crippen LogP contribution in [0.3, 0.4) is 0 Å². The second kappa shape index (κ2) is 14.3. The first-order valence-electron chi connectivity index (χ1n) is 21.7. The summed E-state index contributed by atoms with van der Waals surface area (Å²) in [6, 6.07) is 20.4. The number of alkyl halides is 6. The molecule has 0 saturated carbocycles. The van der Waals surface area contributed by atoms with Crippen LogP contribution in [0.5, 0.6) is 0 Å². The average Bonchev–Trinajstić information content (AvgIpc) is 3.89. The van der Waals surface area contributed by atoms with Crippen LogP contribution in [0.1, 0.15) is 156 Å². The molecule has 324 valence electrons. The van der Waals surface area contributed by atoms with E-state index in [0.717, 1.165) is 27.5 Å². The standard InChI is InChI=1S/C31H37.C15H8F6.C9H13.Zr/c1-28(2,3)26-16-30(7,8)24-12-18-11-19-13-25-23(15-21(19)20(18)14-22(24)26)27(29(4,5)6)17-31(25,9)10;16-14(17,18)12-5-1-10(2-6-12)9-11-3-7-13(8-4-11)15(19,20)21;1-9(2,3)8-6-4-5-7-8;/h11-17H,1-10H3;1-8H;6-7H,4H2,1-3H3;. The zero-order valence-corrected chi connectivity index (χ0v) is 40.7. The van der Waals surface area contributed by atoms with Gasteiger partial charge in [0.1, 0.15) is 0 Å². The molecule has 4 aromatic carbocycles. The van der Waals surface area contributed by atoms with Gasteiger partial charge in [0, 0.05) is 0 Å². The van der Waals surface area contributed by atoms with Crippen molar-refractivity contribution < 1.29 is 47.6 Å². The van der Waals surface area contributed by atoms with Crippen LogP contribution in [0.4, 0.5) is 26.3 Å². The van der Waals surface area contributed by atoms with Crippen molar-refractivity contribution in [3.63, 3.8) is 0 Å². The third-order valence-electron chi connectivity index (χ3n) is 13.5. The molecule has 0 aliphatic heterocycles. The predicted molar refractivity (Wildman–Crippen MR) is 241 cm³/mol. The molecule has 7 heteroatoms. The van der Waals surface area contributed by atoms with Crippen molar-refractivity contribution in [3.8, 4) is 11.1 Å². The average molecular weight is 924 g/mol. The molecule has 0 unspecified atom stereocenters. The van der Waals surface area contributed by atoms with Gasteiger partial charge in [-0.2, -0.15) is 0 Å². The third-order valence-corrected chi connectivity index (χ3v) is 21.8. The van der Waals surface area contributed by atoms with Crippen LogP contribution in [-0.4, -0.2) is 3.21 Å².